The van der Waals surface area contributed by atoms with Crippen LogP contribution < -0.4 is 0 Å². The lowest BCUT2D eigenvalue weighted by atomic mass is 10.2. The average molecular weight is 218 g/mol. The molecule has 1 heterocycles. The second kappa shape index (κ2) is 4.79. The molecule has 1 aromatic carbocycles. The summed E-state index contributed by atoms with van der Waals surface area (Å²) in [7, 11) is 0. The Morgan fingerprint density at radius 3 is 2.60 bits per heavy atom. The van der Waals surface area contributed by atoms with Crippen molar-refractivity contribution in [3.63, 3.8) is 0 Å². The molecule has 0 amide bonds. The molecule has 0 unspecified atom stereocenters. The summed E-state index contributed by atoms with van der Waals surface area (Å²) in [4.78, 5) is 5.15. The topological polar surface area (TPSA) is 38.9 Å². The molecule has 0 radical (unpaired) electrons. The van der Waals surface area contributed by atoms with Gasteiger partial charge in [0.1, 0.15) is 0 Å². The molecule has 0 fully saturated rings. The van der Waals surface area contributed by atoms with Crippen LogP contribution >= 0.6 is 11.8 Å². The predicted octanol–water partition coefficient (Wildman–Crippen LogP) is 2.96. The predicted molar refractivity (Wildman–Crippen MR) is 61.4 cm³/mol. The largest absolute Gasteiger partial charge is 0.342 e. The summed E-state index contributed by atoms with van der Waals surface area (Å²) in [6.07, 6.45) is 7.15. The van der Waals surface area contributed by atoms with Crippen molar-refractivity contribution in [3.05, 3.63) is 42.0 Å². The van der Waals surface area contributed by atoms with Crippen molar-refractivity contribution >= 4 is 23.9 Å². The monoisotopic (exact) mass is 218 g/mol. The van der Waals surface area contributed by atoms with Crippen LogP contribution in [0.15, 0.2) is 40.1 Å². The van der Waals surface area contributed by atoms with Crippen molar-refractivity contribution in [1.29, 1.82) is 0 Å². The normalized spacial score (nSPS) is 11.0. The standard InChI is InChI=1S/C11H10N2OS/c1-15-10-5-2-9(3-6-10)4-7-11-12-8-14-13-11/h2-8H,1H3. The molecule has 3 nitrogen and oxygen atoms in total. The van der Waals surface area contributed by atoms with E-state index in [-0.39, 0.29) is 0 Å². The molecule has 1 aromatic heterocycles. The molecule has 0 N–H and O–H groups in total. The van der Waals surface area contributed by atoms with Crippen LogP contribution in [0.1, 0.15) is 11.4 Å². The van der Waals surface area contributed by atoms with E-state index in [0.717, 1.165) is 5.56 Å². The Balaban J connectivity index is 2.11. The molecule has 4 heteroatoms. The Kier molecular flexibility index (Phi) is 3.19. The van der Waals surface area contributed by atoms with E-state index < -0.39 is 0 Å². The first kappa shape index (κ1) is 9.98. The maximum Gasteiger partial charge on any atom is 0.214 e. The first-order valence-electron chi connectivity index (χ1n) is 4.47. The van der Waals surface area contributed by atoms with E-state index in [1.54, 1.807) is 11.8 Å². The molecule has 15 heavy (non-hydrogen) atoms. The summed E-state index contributed by atoms with van der Waals surface area (Å²) in [5.74, 6) is 0.587. The van der Waals surface area contributed by atoms with Crippen molar-refractivity contribution in [2.24, 2.45) is 0 Å². The van der Waals surface area contributed by atoms with Crippen LogP contribution in [-0.4, -0.2) is 16.4 Å². The van der Waals surface area contributed by atoms with Gasteiger partial charge in [0.25, 0.3) is 0 Å². The maximum absolute atomic E-state index is 4.62. The van der Waals surface area contributed by atoms with Gasteiger partial charge >= 0.3 is 0 Å². The highest BCUT2D eigenvalue weighted by Crippen LogP contribution is 2.15. The molecule has 2 rings (SSSR count). The van der Waals surface area contributed by atoms with Crippen molar-refractivity contribution in [2.45, 2.75) is 4.90 Å². The quantitative estimate of drug-likeness (QED) is 0.742. The fraction of sp³-hybridized carbons (Fsp3) is 0.0909. The van der Waals surface area contributed by atoms with E-state index in [4.69, 9.17) is 0 Å². The zero-order valence-electron chi connectivity index (χ0n) is 8.25. The Morgan fingerprint density at radius 2 is 2.00 bits per heavy atom. The van der Waals surface area contributed by atoms with Gasteiger partial charge in [0, 0.05) is 4.90 Å². The summed E-state index contributed by atoms with van der Waals surface area (Å²) in [5, 5.41) is 3.69. The summed E-state index contributed by atoms with van der Waals surface area (Å²) in [6.45, 7) is 0. The van der Waals surface area contributed by atoms with Gasteiger partial charge in [-0.2, -0.15) is 4.98 Å². The maximum atomic E-state index is 4.62. The molecular formula is C11H10N2OS. The van der Waals surface area contributed by atoms with E-state index in [9.17, 15) is 0 Å². The minimum atomic E-state index is 0.587. The number of thioether (sulfide) groups is 1. The Hall–Kier alpha value is -1.55. The number of hydrogen-bond acceptors (Lipinski definition) is 4. The molecule has 76 valence electrons. The van der Waals surface area contributed by atoms with E-state index in [0.29, 0.717) is 5.82 Å². The molecule has 0 saturated carbocycles. The van der Waals surface area contributed by atoms with Gasteiger partial charge in [0.05, 0.1) is 0 Å². The second-order valence-electron chi connectivity index (χ2n) is 2.90. The summed E-state index contributed by atoms with van der Waals surface area (Å²) < 4.78 is 4.62. The minimum Gasteiger partial charge on any atom is -0.342 e. The van der Waals surface area contributed by atoms with Crippen molar-refractivity contribution < 1.29 is 4.52 Å². The molecule has 0 saturated heterocycles. The van der Waals surface area contributed by atoms with E-state index in [1.165, 1.54) is 11.3 Å². The number of benzene rings is 1. The highest BCUT2D eigenvalue weighted by atomic mass is 32.2. The zero-order chi connectivity index (χ0) is 10.5. The number of nitrogens with zero attached hydrogens (tertiary/aromatic N) is 2. The molecular weight excluding hydrogens is 208 g/mol. The van der Waals surface area contributed by atoms with Gasteiger partial charge in [-0.15, -0.1) is 11.8 Å². The van der Waals surface area contributed by atoms with Crippen molar-refractivity contribution in [2.75, 3.05) is 6.26 Å². The van der Waals surface area contributed by atoms with Crippen LogP contribution in [-0.2, 0) is 0 Å². The average Bonchev–Trinajstić information content (AvgIpc) is 2.80. The Labute approximate surface area is 92.2 Å². The van der Waals surface area contributed by atoms with Gasteiger partial charge in [-0.1, -0.05) is 23.4 Å². The Morgan fingerprint density at radius 1 is 1.20 bits per heavy atom. The van der Waals surface area contributed by atoms with Crippen LogP contribution in [0.2, 0.25) is 0 Å². The van der Waals surface area contributed by atoms with Gasteiger partial charge in [0.15, 0.2) is 5.82 Å². The summed E-state index contributed by atoms with van der Waals surface area (Å²) >= 11 is 1.73. The van der Waals surface area contributed by atoms with E-state index >= 15 is 0 Å². The lowest BCUT2D eigenvalue weighted by molar-refractivity contribution is 0.415. The van der Waals surface area contributed by atoms with Crippen molar-refractivity contribution in [3.8, 4) is 0 Å². The van der Waals surface area contributed by atoms with Crippen LogP contribution in [0.25, 0.3) is 12.2 Å². The smallest absolute Gasteiger partial charge is 0.214 e. The molecule has 0 spiro atoms. The number of aromatic nitrogens is 2. The van der Waals surface area contributed by atoms with Gasteiger partial charge in [-0.05, 0) is 30.0 Å². The third-order valence-corrected chi connectivity index (χ3v) is 2.66. The molecule has 0 aliphatic heterocycles. The first-order valence-corrected chi connectivity index (χ1v) is 5.69. The third kappa shape index (κ3) is 2.70. The van der Waals surface area contributed by atoms with Gasteiger partial charge in [-0.25, -0.2) is 0 Å². The van der Waals surface area contributed by atoms with Gasteiger partial charge < -0.3 is 4.52 Å². The fourth-order valence-electron chi connectivity index (χ4n) is 1.14. The molecule has 0 aliphatic rings. The fourth-order valence-corrected chi connectivity index (χ4v) is 1.55. The summed E-state index contributed by atoms with van der Waals surface area (Å²) in [5.41, 5.74) is 1.12. The number of hydrogen-bond donors (Lipinski definition) is 0. The SMILES string of the molecule is CSc1ccc(C=Cc2ncon2)cc1. The highest BCUT2D eigenvalue weighted by Gasteiger charge is 1.92. The zero-order valence-corrected chi connectivity index (χ0v) is 9.07. The van der Waals surface area contributed by atoms with Crippen LogP contribution in [0.4, 0.5) is 0 Å². The van der Waals surface area contributed by atoms with Crippen LogP contribution in [0.3, 0.4) is 0 Å². The molecule has 0 bridgehead atoms. The van der Waals surface area contributed by atoms with E-state index in [1.807, 2.05) is 12.2 Å². The lowest BCUT2D eigenvalue weighted by Crippen LogP contribution is -1.75. The Bertz CT molecular complexity index is 434. The first-order chi connectivity index (χ1) is 7.38. The second-order valence-corrected chi connectivity index (χ2v) is 3.78. The van der Waals surface area contributed by atoms with E-state index in [2.05, 4.69) is 45.2 Å². The van der Waals surface area contributed by atoms with Crippen LogP contribution in [0.5, 0.6) is 0 Å². The molecule has 0 atom stereocenters. The van der Waals surface area contributed by atoms with Crippen LogP contribution in [0, 0.1) is 0 Å². The molecule has 0 aliphatic carbocycles. The lowest BCUT2D eigenvalue weighted by Gasteiger charge is -1.95. The third-order valence-electron chi connectivity index (χ3n) is 1.92. The molecule has 2 aromatic rings. The van der Waals surface area contributed by atoms with Gasteiger partial charge in [0.2, 0.25) is 6.39 Å². The highest BCUT2D eigenvalue weighted by molar-refractivity contribution is 7.98. The van der Waals surface area contributed by atoms with Crippen molar-refractivity contribution in [1.82, 2.24) is 10.1 Å². The summed E-state index contributed by atoms with van der Waals surface area (Å²) in [6, 6.07) is 8.28. The number of rotatable bonds is 3. The van der Waals surface area contributed by atoms with Gasteiger partial charge in [-0.3, -0.25) is 0 Å². The minimum absolute atomic E-state index is 0.587.